The Morgan fingerprint density at radius 2 is 2.04 bits per heavy atom. The second-order valence-electron chi connectivity index (χ2n) is 6.76. The molecule has 0 bridgehead atoms. The summed E-state index contributed by atoms with van der Waals surface area (Å²) in [6.45, 7) is 2.13. The molecule has 1 aromatic carbocycles. The van der Waals surface area contributed by atoms with E-state index in [1.54, 1.807) is 12.1 Å². The Morgan fingerprint density at radius 1 is 1.23 bits per heavy atom. The van der Waals surface area contributed by atoms with Crippen LogP contribution in [0.3, 0.4) is 0 Å². The van der Waals surface area contributed by atoms with E-state index in [2.05, 4.69) is 27.5 Å². The largest absolute Gasteiger partial charge is 0.494 e. The summed E-state index contributed by atoms with van der Waals surface area (Å²) in [6.07, 6.45) is 4.51. The number of anilines is 2. The number of halogens is 1. The number of piperidine rings is 1. The molecular weight excluding hydrogens is 331 g/mol. The molecule has 1 aliphatic rings. The number of rotatable bonds is 4. The Bertz CT molecular complexity index is 931. The van der Waals surface area contributed by atoms with Gasteiger partial charge in [-0.05, 0) is 61.7 Å². The van der Waals surface area contributed by atoms with E-state index < -0.39 is 5.82 Å². The van der Waals surface area contributed by atoms with Crippen molar-refractivity contribution in [3.63, 3.8) is 0 Å². The van der Waals surface area contributed by atoms with Crippen LogP contribution in [0.25, 0.3) is 11.0 Å². The number of hydrogen-bond acceptors (Lipinski definition) is 4. The van der Waals surface area contributed by atoms with Gasteiger partial charge in [0.05, 0.1) is 7.11 Å². The van der Waals surface area contributed by atoms with Gasteiger partial charge in [0, 0.05) is 30.4 Å². The monoisotopic (exact) mass is 354 g/mol. The number of benzene rings is 1. The summed E-state index contributed by atoms with van der Waals surface area (Å²) in [5, 5.41) is 7.79. The van der Waals surface area contributed by atoms with Crippen LogP contribution in [0.15, 0.2) is 36.5 Å². The van der Waals surface area contributed by atoms with Crippen molar-refractivity contribution in [2.75, 3.05) is 25.5 Å². The molecule has 6 heteroatoms. The topological polar surface area (TPSA) is 51.1 Å². The highest BCUT2D eigenvalue weighted by Gasteiger charge is 2.20. The van der Waals surface area contributed by atoms with E-state index >= 15 is 0 Å². The van der Waals surface area contributed by atoms with Crippen LogP contribution >= 0.6 is 0 Å². The average molecular weight is 354 g/mol. The molecule has 3 heterocycles. The summed E-state index contributed by atoms with van der Waals surface area (Å²) >= 11 is 0. The number of aryl methyl sites for hydroxylation is 1. The predicted molar refractivity (Wildman–Crippen MR) is 102 cm³/mol. The van der Waals surface area contributed by atoms with Crippen molar-refractivity contribution in [1.29, 1.82) is 0 Å². The van der Waals surface area contributed by atoms with Crippen LogP contribution in [-0.4, -0.2) is 29.8 Å². The van der Waals surface area contributed by atoms with Crippen molar-refractivity contribution in [1.82, 2.24) is 14.9 Å². The van der Waals surface area contributed by atoms with Gasteiger partial charge in [-0.15, -0.1) is 0 Å². The number of nitrogens with one attached hydrogen (secondary N) is 2. The highest BCUT2D eigenvalue weighted by molar-refractivity contribution is 5.83. The molecule has 1 saturated heterocycles. The number of hydrogen-bond donors (Lipinski definition) is 2. The quantitative estimate of drug-likeness (QED) is 0.745. The van der Waals surface area contributed by atoms with Gasteiger partial charge in [-0.1, -0.05) is 0 Å². The second kappa shape index (κ2) is 6.96. The molecule has 26 heavy (non-hydrogen) atoms. The molecule has 1 aliphatic heterocycles. The zero-order valence-corrected chi connectivity index (χ0v) is 15.1. The van der Waals surface area contributed by atoms with Gasteiger partial charge in [-0.3, -0.25) is 0 Å². The van der Waals surface area contributed by atoms with Crippen molar-refractivity contribution in [3.8, 4) is 5.75 Å². The zero-order valence-electron chi connectivity index (χ0n) is 15.1. The van der Waals surface area contributed by atoms with E-state index in [4.69, 9.17) is 9.72 Å². The van der Waals surface area contributed by atoms with Crippen LogP contribution in [0.4, 0.5) is 15.9 Å². The van der Waals surface area contributed by atoms with Crippen LogP contribution in [0.5, 0.6) is 5.75 Å². The number of nitrogens with zero attached hydrogens (tertiary/aromatic N) is 2. The van der Waals surface area contributed by atoms with Gasteiger partial charge >= 0.3 is 0 Å². The van der Waals surface area contributed by atoms with Gasteiger partial charge in [0.25, 0.3) is 0 Å². The molecular formula is C20H23FN4O. The van der Waals surface area contributed by atoms with Crippen LogP contribution in [0.1, 0.15) is 24.3 Å². The number of methoxy groups -OCH3 is 1. The van der Waals surface area contributed by atoms with Crippen LogP contribution < -0.4 is 15.4 Å². The van der Waals surface area contributed by atoms with Crippen molar-refractivity contribution in [2.45, 2.75) is 18.8 Å². The third-order valence-electron chi connectivity index (χ3n) is 5.06. The van der Waals surface area contributed by atoms with E-state index in [-0.39, 0.29) is 5.75 Å². The molecule has 0 amide bonds. The molecule has 0 unspecified atom stereocenters. The highest BCUT2D eigenvalue weighted by Crippen LogP contribution is 2.33. The molecule has 0 aliphatic carbocycles. The van der Waals surface area contributed by atoms with Crippen molar-refractivity contribution in [2.24, 2.45) is 7.05 Å². The Kier molecular flexibility index (Phi) is 4.51. The number of aromatic nitrogens is 2. The molecule has 0 spiro atoms. The van der Waals surface area contributed by atoms with Crippen LogP contribution in [-0.2, 0) is 7.05 Å². The molecule has 4 rings (SSSR count). The molecule has 2 aromatic heterocycles. The van der Waals surface area contributed by atoms with Crippen molar-refractivity contribution >= 4 is 22.5 Å². The Hall–Kier alpha value is -2.60. The summed E-state index contributed by atoms with van der Waals surface area (Å²) in [7, 11) is 3.48. The standard InChI is InChI=1S/C20H23FN4O/c1-25-12-16(13-7-9-22-10-8-13)15-4-6-19(24-20(15)25)23-14-3-5-18(26-2)17(21)11-14/h3-6,11-13,22H,7-10H2,1-2H3,(H,23,24). The average Bonchev–Trinajstić information content (AvgIpc) is 2.99. The first kappa shape index (κ1) is 16.8. The molecule has 0 saturated carbocycles. The fourth-order valence-electron chi connectivity index (χ4n) is 3.70. The molecule has 3 aromatic rings. The molecule has 0 radical (unpaired) electrons. The van der Waals surface area contributed by atoms with Crippen molar-refractivity contribution in [3.05, 3.63) is 47.9 Å². The number of ether oxygens (including phenoxy) is 1. The molecule has 5 nitrogen and oxygen atoms in total. The minimum absolute atomic E-state index is 0.230. The Labute approximate surface area is 152 Å². The minimum Gasteiger partial charge on any atom is -0.494 e. The smallest absolute Gasteiger partial charge is 0.167 e. The minimum atomic E-state index is -0.398. The molecule has 0 atom stereocenters. The van der Waals surface area contributed by atoms with Gasteiger partial charge < -0.3 is 19.9 Å². The predicted octanol–water partition coefficient (Wildman–Crippen LogP) is 3.93. The summed E-state index contributed by atoms with van der Waals surface area (Å²) in [4.78, 5) is 4.74. The lowest BCUT2D eigenvalue weighted by Gasteiger charge is -2.22. The van der Waals surface area contributed by atoms with Gasteiger partial charge in [-0.25, -0.2) is 9.37 Å². The van der Waals surface area contributed by atoms with Crippen molar-refractivity contribution < 1.29 is 9.13 Å². The van der Waals surface area contributed by atoms with Gasteiger partial charge in [0.1, 0.15) is 11.5 Å². The highest BCUT2D eigenvalue weighted by atomic mass is 19.1. The zero-order chi connectivity index (χ0) is 18.1. The maximum absolute atomic E-state index is 13.9. The second-order valence-corrected chi connectivity index (χ2v) is 6.76. The van der Waals surface area contributed by atoms with Crippen LogP contribution in [0, 0.1) is 5.82 Å². The van der Waals surface area contributed by atoms with E-state index in [0.717, 1.165) is 31.6 Å². The third kappa shape index (κ3) is 3.12. The normalized spacial score (nSPS) is 15.3. The maximum atomic E-state index is 13.9. The van der Waals surface area contributed by atoms with Gasteiger partial charge in [0.2, 0.25) is 0 Å². The van der Waals surface area contributed by atoms with E-state index in [9.17, 15) is 4.39 Å². The lowest BCUT2D eigenvalue weighted by Crippen LogP contribution is -2.26. The van der Waals surface area contributed by atoms with Gasteiger partial charge in [0.15, 0.2) is 11.6 Å². The van der Waals surface area contributed by atoms with E-state index in [1.165, 1.54) is 24.1 Å². The lowest BCUT2D eigenvalue weighted by atomic mass is 9.90. The van der Waals surface area contributed by atoms with E-state index in [0.29, 0.717) is 17.4 Å². The first-order valence-electron chi connectivity index (χ1n) is 8.93. The summed E-state index contributed by atoms with van der Waals surface area (Å²) in [6, 6.07) is 8.86. The maximum Gasteiger partial charge on any atom is 0.167 e. The summed E-state index contributed by atoms with van der Waals surface area (Å²) < 4.78 is 20.9. The fraction of sp³-hybridized carbons (Fsp3) is 0.350. The third-order valence-corrected chi connectivity index (χ3v) is 5.06. The number of pyridine rings is 1. The lowest BCUT2D eigenvalue weighted by molar-refractivity contribution is 0.386. The Morgan fingerprint density at radius 3 is 2.77 bits per heavy atom. The fourth-order valence-corrected chi connectivity index (χ4v) is 3.70. The summed E-state index contributed by atoms with van der Waals surface area (Å²) in [5.41, 5.74) is 2.96. The van der Waals surface area contributed by atoms with Gasteiger partial charge in [-0.2, -0.15) is 0 Å². The van der Waals surface area contributed by atoms with E-state index in [1.807, 2.05) is 13.1 Å². The Balaban J connectivity index is 1.63. The summed E-state index contributed by atoms with van der Waals surface area (Å²) in [5.74, 6) is 1.11. The first-order chi connectivity index (χ1) is 12.7. The molecule has 136 valence electrons. The molecule has 1 fully saturated rings. The first-order valence-corrected chi connectivity index (χ1v) is 8.93. The molecule has 2 N–H and O–H groups in total. The SMILES string of the molecule is COc1ccc(Nc2ccc3c(C4CCNCC4)cn(C)c3n2)cc1F. The van der Waals surface area contributed by atoms with Crippen LogP contribution in [0.2, 0.25) is 0 Å². The number of fused-ring (bicyclic) bond motifs is 1.